The predicted octanol–water partition coefficient (Wildman–Crippen LogP) is 5.43. The van der Waals surface area contributed by atoms with Gasteiger partial charge < -0.3 is 10.1 Å². The summed E-state index contributed by atoms with van der Waals surface area (Å²) in [5, 5.41) is 4.97. The minimum absolute atomic E-state index is 0.504. The summed E-state index contributed by atoms with van der Waals surface area (Å²) in [7, 11) is 1.56. The number of ether oxygens (including phenoxy) is 1. The summed E-state index contributed by atoms with van der Waals surface area (Å²) in [6.07, 6.45) is 0. The Labute approximate surface area is 140 Å². The summed E-state index contributed by atoms with van der Waals surface area (Å²) in [5.74, 6) is 0.547. The van der Waals surface area contributed by atoms with Crippen molar-refractivity contribution in [2.45, 2.75) is 13.5 Å². The van der Waals surface area contributed by atoms with Crippen LogP contribution >= 0.6 is 34.8 Å². The molecule has 0 unspecified atom stereocenters. The molecule has 0 aliphatic heterocycles. The van der Waals surface area contributed by atoms with Crippen LogP contribution in [0, 0.1) is 0 Å². The maximum absolute atomic E-state index is 6.38. The first-order valence-corrected chi connectivity index (χ1v) is 7.72. The largest absolute Gasteiger partial charge is 0.495 e. The van der Waals surface area contributed by atoms with Gasteiger partial charge >= 0.3 is 0 Å². The first kappa shape index (κ1) is 16.4. The van der Waals surface area contributed by atoms with E-state index in [1.165, 1.54) is 0 Å². The van der Waals surface area contributed by atoms with Crippen molar-refractivity contribution in [2.24, 2.45) is 0 Å². The standard InChI is InChI=1S/C16H16Cl3NO/c1-3-20-9-10-4-5-11(13(17)6-10)12-7-15(19)16(21-2)8-14(12)18/h4-8,20H,3,9H2,1-2H3. The van der Waals surface area contributed by atoms with Crippen molar-refractivity contribution in [3.05, 3.63) is 51.0 Å². The fraction of sp³-hybridized carbons (Fsp3) is 0.250. The van der Waals surface area contributed by atoms with Crippen molar-refractivity contribution in [2.75, 3.05) is 13.7 Å². The summed E-state index contributed by atoms with van der Waals surface area (Å²) in [4.78, 5) is 0. The van der Waals surface area contributed by atoms with Crippen LogP contribution in [0.4, 0.5) is 0 Å². The number of halogens is 3. The topological polar surface area (TPSA) is 21.3 Å². The van der Waals surface area contributed by atoms with Crippen molar-refractivity contribution in [3.8, 4) is 16.9 Å². The second-order valence-electron chi connectivity index (χ2n) is 4.56. The lowest BCUT2D eigenvalue weighted by atomic mass is 10.0. The molecule has 2 aromatic carbocycles. The Morgan fingerprint density at radius 3 is 2.29 bits per heavy atom. The quantitative estimate of drug-likeness (QED) is 0.780. The molecule has 0 fully saturated rings. The monoisotopic (exact) mass is 343 g/mol. The molecule has 0 saturated heterocycles. The Morgan fingerprint density at radius 2 is 1.67 bits per heavy atom. The SMILES string of the molecule is CCNCc1ccc(-c2cc(Cl)c(OC)cc2Cl)c(Cl)c1. The van der Waals surface area contributed by atoms with Crippen LogP contribution < -0.4 is 10.1 Å². The lowest BCUT2D eigenvalue weighted by molar-refractivity contribution is 0.415. The van der Waals surface area contributed by atoms with E-state index < -0.39 is 0 Å². The molecule has 2 aromatic rings. The lowest BCUT2D eigenvalue weighted by Gasteiger charge is -2.12. The van der Waals surface area contributed by atoms with Gasteiger partial charge in [-0.15, -0.1) is 0 Å². The molecule has 0 aliphatic carbocycles. The Kier molecular flexibility index (Phi) is 5.77. The molecule has 112 valence electrons. The summed E-state index contributed by atoms with van der Waals surface area (Å²) in [6.45, 7) is 3.77. The van der Waals surface area contributed by atoms with Crippen LogP contribution in [0.1, 0.15) is 12.5 Å². The van der Waals surface area contributed by atoms with Gasteiger partial charge in [-0.2, -0.15) is 0 Å². The molecule has 0 aromatic heterocycles. The first-order chi connectivity index (χ1) is 10.1. The van der Waals surface area contributed by atoms with Crippen LogP contribution in [0.25, 0.3) is 11.1 Å². The molecule has 5 heteroatoms. The molecule has 0 heterocycles. The lowest BCUT2D eigenvalue weighted by Crippen LogP contribution is -2.11. The third-order valence-electron chi connectivity index (χ3n) is 3.14. The smallest absolute Gasteiger partial charge is 0.138 e. The zero-order chi connectivity index (χ0) is 15.4. The van der Waals surface area contributed by atoms with E-state index in [2.05, 4.69) is 12.2 Å². The van der Waals surface area contributed by atoms with E-state index in [1.807, 2.05) is 18.2 Å². The van der Waals surface area contributed by atoms with Crippen LogP contribution in [-0.4, -0.2) is 13.7 Å². The molecular weight excluding hydrogens is 329 g/mol. The number of hydrogen-bond acceptors (Lipinski definition) is 2. The number of hydrogen-bond donors (Lipinski definition) is 1. The second kappa shape index (κ2) is 7.37. The van der Waals surface area contributed by atoms with Crippen LogP contribution in [0.3, 0.4) is 0 Å². The minimum atomic E-state index is 0.504. The highest BCUT2D eigenvalue weighted by Crippen LogP contribution is 2.39. The Bertz CT molecular complexity index is 644. The van der Waals surface area contributed by atoms with Gasteiger partial charge in [0.25, 0.3) is 0 Å². The number of benzene rings is 2. The van der Waals surface area contributed by atoms with E-state index in [1.54, 1.807) is 19.2 Å². The first-order valence-electron chi connectivity index (χ1n) is 6.59. The maximum Gasteiger partial charge on any atom is 0.138 e. The van der Waals surface area contributed by atoms with Crippen molar-refractivity contribution in [1.82, 2.24) is 5.32 Å². The van der Waals surface area contributed by atoms with Crippen LogP contribution in [0.15, 0.2) is 30.3 Å². The van der Waals surface area contributed by atoms with Crippen LogP contribution in [0.5, 0.6) is 5.75 Å². The molecule has 2 nitrogen and oxygen atoms in total. The second-order valence-corrected chi connectivity index (χ2v) is 5.78. The summed E-state index contributed by atoms with van der Waals surface area (Å²) in [5.41, 5.74) is 2.77. The highest BCUT2D eigenvalue weighted by atomic mass is 35.5. The van der Waals surface area contributed by atoms with E-state index >= 15 is 0 Å². The van der Waals surface area contributed by atoms with E-state index in [0.717, 1.165) is 29.8 Å². The van der Waals surface area contributed by atoms with Crippen LogP contribution in [0.2, 0.25) is 15.1 Å². The summed E-state index contributed by atoms with van der Waals surface area (Å²) >= 11 is 18.8. The molecule has 0 aliphatic rings. The third-order valence-corrected chi connectivity index (χ3v) is 4.07. The molecular formula is C16H16Cl3NO. The average molecular weight is 345 g/mol. The highest BCUT2D eigenvalue weighted by molar-refractivity contribution is 6.38. The normalized spacial score (nSPS) is 10.7. The molecule has 2 rings (SSSR count). The van der Waals surface area contributed by atoms with E-state index in [4.69, 9.17) is 39.5 Å². The molecule has 1 N–H and O–H groups in total. The summed E-state index contributed by atoms with van der Waals surface area (Å²) in [6, 6.07) is 9.39. The minimum Gasteiger partial charge on any atom is -0.495 e. The number of methoxy groups -OCH3 is 1. The fourth-order valence-electron chi connectivity index (χ4n) is 2.05. The number of rotatable bonds is 5. The Balaban J connectivity index is 2.40. The van der Waals surface area contributed by atoms with Gasteiger partial charge in [0.1, 0.15) is 5.75 Å². The number of nitrogens with one attached hydrogen (secondary N) is 1. The van der Waals surface area contributed by atoms with E-state index in [-0.39, 0.29) is 0 Å². The molecule has 0 saturated carbocycles. The van der Waals surface area contributed by atoms with Crippen molar-refractivity contribution < 1.29 is 4.74 Å². The van der Waals surface area contributed by atoms with Gasteiger partial charge in [0.05, 0.1) is 17.2 Å². The summed E-state index contributed by atoms with van der Waals surface area (Å²) < 4.78 is 5.15. The van der Waals surface area contributed by atoms with Crippen molar-refractivity contribution in [1.29, 1.82) is 0 Å². The van der Waals surface area contributed by atoms with E-state index in [9.17, 15) is 0 Å². The third kappa shape index (κ3) is 3.83. The zero-order valence-electron chi connectivity index (χ0n) is 11.8. The van der Waals surface area contributed by atoms with Gasteiger partial charge in [0.15, 0.2) is 0 Å². The average Bonchev–Trinajstić information content (AvgIpc) is 2.47. The zero-order valence-corrected chi connectivity index (χ0v) is 14.1. The van der Waals surface area contributed by atoms with Gasteiger partial charge in [-0.05, 0) is 24.2 Å². The van der Waals surface area contributed by atoms with Crippen molar-refractivity contribution >= 4 is 34.8 Å². The Hall–Kier alpha value is -0.930. The van der Waals surface area contributed by atoms with Gasteiger partial charge in [0, 0.05) is 28.8 Å². The van der Waals surface area contributed by atoms with Crippen molar-refractivity contribution in [3.63, 3.8) is 0 Å². The van der Waals surface area contributed by atoms with Gasteiger partial charge in [-0.1, -0.05) is 53.9 Å². The Morgan fingerprint density at radius 1 is 0.952 bits per heavy atom. The molecule has 0 amide bonds. The molecule has 0 spiro atoms. The molecule has 0 bridgehead atoms. The molecule has 0 radical (unpaired) electrons. The molecule has 0 atom stereocenters. The van der Waals surface area contributed by atoms with Gasteiger partial charge in [-0.3, -0.25) is 0 Å². The fourth-order valence-corrected chi connectivity index (χ4v) is 2.85. The maximum atomic E-state index is 6.38. The van der Waals surface area contributed by atoms with Gasteiger partial charge in [-0.25, -0.2) is 0 Å². The molecule has 21 heavy (non-hydrogen) atoms. The highest BCUT2D eigenvalue weighted by Gasteiger charge is 2.12. The predicted molar refractivity (Wildman–Crippen MR) is 90.8 cm³/mol. The van der Waals surface area contributed by atoms with Gasteiger partial charge in [0.2, 0.25) is 0 Å². The van der Waals surface area contributed by atoms with E-state index in [0.29, 0.717) is 20.8 Å². The van der Waals surface area contributed by atoms with Crippen LogP contribution in [-0.2, 0) is 6.54 Å².